The molecule has 0 unspecified atom stereocenters. The van der Waals surface area contributed by atoms with E-state index < -0.39 is 36.0 Å². The van der Waals surface area contributed by atoms with E-state index in [1.807, 2.05) is 36.4 Å². The number of hydrogen-bond donors (Lipinski definition) is 0. The Morgan fingerprint density at radius 2 is 1.33 bits per heavy atom. The molecule has 0 saturated carbocycles. The predicted molar refractivity (Wildman–Crippen MR) is 139 cm³/mol. The van der Waals surface area contributed by atoms with Crippen LogP contribution in [0.2, 0.25) is 0 Å². The summed E-state index contributed by atoms with van der Waals surface area (Å²) in [5.74, 6) is -3.20. The number of ether oxygens (including phenoxy) is 2. The third-order valence-electron chi connectivity index (χ3n) is 6.21. The zero-order valence-electron chi connectivity index (χ0n) is 21.0. The van der Waals surface area contributed by atoms with E-state index in [1.165, 1.54) is 0 Å². The van der Waals surface area contributed by atoms with Gasteiger partial charge in [-0.3, -0.25) is 0 Å². The van der Waals surface area contributed by atoms with Crippen LogP contribution in [-0.2, 0) is 25.7 Å². The molecule has 8 heteroatoms. The maximum Gasteiger partial charge on any atom is 0.422 e. The van der Waals surface area contributed by atoms with Gasteiger partial charge in [0, 0.05) is 5.39 Å². The molecule has 204 valence electrons. The first-order valence-corrected chi connectivity index (χ1v) is 12.3. The van der Waals surface area contributed by atoms with Gasteiger partial charge in [-0.15, -0.1) is 0 Å². The van der Waals surface area contributed by atoms with Crippen molar-refractivity contribution in [1.82, 2.24) is 0 Å². The molecule has 0 spiro atoms. The Balaban J connectivity index is 1.39. The Morgan fingerprint density at radius 3 is 2.00 bits per heavy atom. The first-order chi connectivity index (χ1) is 18.6. The summed E-state index contributed by atoms with van der Waals surface area (Å²) in [5.41, 5.74) is 2.75. The fourth-order valence-corrected chi connectivity index (χ4v) is 4.26. The van der Waals surface area contributed by atoms with Crippen LogP contribution in [0, 0.1) is 17.5 Å². The van der Waals surface area contributed by atoms with Crippen molar-refractivity contribution in [2.75, 3.05) is 13.2 Å². The first-order valence-electron chi connectivity index (χ1n) is 12.3. The average Bonchev–Trinajstić information content (AvgIpc) is 2.90. The fraction of sp³-hybridized carbons (Fsp3) is 0.226. The highest BCUT2D eigenvalue weighted by Gasteiger charge is 2.30. The molecule has 39 heavy (non-hydrogen) atoms. The van der Waals surface area contributed by atoms with Gasteiger partial charge >= 0.3 is 6.18 Å². The van der Waals surface area contributed by atoms with E-state index in [9.17, 15) is 22.0 Å². The van der Waals surface area contributed by atoms with Gasteiger partial charge in [0.15, 0.2) is 24.0 Å². The average molecular weight is 545 g/mol. The summed E-state index contributed by atoms with van der Waals surface area (Å²) in [4.78, 5) is 0. The van der Waals surface area contributed by atoms with Crippen molar-refractivity contribution < 1.29 is 35.8 Å². The molecule has 0 radical (unpaired) electrons. The molecule has 0 aliphatic heterocycles. The molecule has 0 bridgehead atoms. The highest BCUT2D eigenvalue weighted by atomic mass is 19.4. The number of benzene rings is 4. The van der Waals surface area contributed by atoms with E-state index in [4.69, 9.17) is 4.74 Å². The number of halogens is 6. The smallest absolute Gasteiger partial charge is 0.422 e. The van der Waals surface area contributed by atoms with Crippen molar-refractivity contribution in [2.24, 2.45) is 0 Å². The molecule has 0 heterocycles. The molecule has 0 fully saturated rings. The molecule has 0 N–H and O–H groups in total. The molecular formula is C31H26F6O2. The topological polar surface area (TPSA) is 18.5 Å². The molecule has 0 aliphatic carbocycles. The third-order valence-corrected chi connectivity index (χ3v) is 6.21. The number of hydrogen-bond acceptors (Lipinski definition) is 2. The SMILES string of the molecule is C=CCOc1ccc(CCc2ccc3c(F)c(CCc4cc(F)c(OCC(F)(F)F)c(F)c4)ccc3c2)cc1. The molecule has 0 aliphatic rings. The number of fused-ring (bicyclic) bond motifs is 1. The summed E-state index contributed by atoms with van der Waals surface area (Å²) in [5, 5.41) is 1.18. The van der Waals surface area contributed by atoms with Crippen molar-refractivity contribution in [2.45, 2.75) is 31.9 Å². The Labute approximate surface area is 222 Å². The van der Waals surface area contributed by atoms with Gasteiger partial charge in [-0.1, -0.05) is 55.1 Å². The lowest BCUT2D eigenvalue weighted by molar-refractivity contribution is -0.154. The lowest BCUT2D eigenvalue weighted by Crippen LogP contribution is -2.20. The van der Waals surface area contributed by atoms with Gasteiger partial charge < -0.3 is 9.47 Å². The van der Waals surface area contributed by atoms with Gasteiger partial charge in [0.05, 0.1) is 0 Å². The molecule has 0 aromatic heterocycles. The van der Waals surface area contributed by atoms with Crippen LogP contribution in [0.3, 0.4) is 0 Å². The van der Waals surface area contributed by atoms with E-state index in [0.717, 1.165) is 47.2 Å². The van der Waals surface area contributed by atoms with E-state index in [1.54, 1.807) is 24.3 Å². The maximum absolute atomic E-state index is 15.2. The molecule has 0 amide bonds. The van der Waals surface area contributed by atoms with Crippen LogP contribution in [0.5, 0.6) is 11.5 Å². The van der Waals surface area contributed by atoms with E-state index in [0.29, 0.717) is 17.6 Å². The predicted octanol–water partition coefficient (Wildman–Crippen LogP) is 8.33. The van der Waals surface area contributed by atoms with Gasteiger partial charge in [0.2, 0.25) is 0 Å². The zero-order valence-corrected chi connectivity index (χ0v) is 21.0. The maximum atomic E-state index is 15.2. The van der Waals surface area contributed by atoms with Gasteiger partial charge in [-0.05, 0) is 77.6 Å². The minimum atomic E-state index is -4.72. The Bertz CT molecular complexity index is 1420. The fourth-order valence-electron chi connectivity index (χ4n) is 4.26. The minimum Gasteiger partial charge on any atom is -0.490 e. The van der Waals surface area contributed by atoms with Crippen molar-refractivity contribution in [3.63, 3.8) is 0 Å². The zero-order chi connectivity index (χ0) is 28.0. The molecular weight excluding hydrogens is 518 g/mol. The second-order valence-electron chi connectivity index (χ2n) is 9.13. The largest absolute Gasteiger partial charge is 0.490 e. The number of alkyl halides is 3. The van der Waals surface area contributed by atoms with Crippen LogP contribution >= 0.6 is 0 Å². The van der Waals surface area contributed by atoms with Gasteiger partial charge in [-0.25, -0.2) is 13.2 Å². The second kappa shape index (κ2) is 12.3. The van der Waals surface area contributed by atoms with E-state index in [2.05, 4.69) is 11.3 Å². The van der Waals surface area contributed by atoms with Gasteiger partial charge in [0.25, 0.3) is 0 Å². The normalized spacial score (nSPS) is 11.5. The second-order valence-corrected chi connectivity index (χ2v) is 9.13. The van der Waals surface area contributed by atoms with Crippen molar-refractivity contribution in [3.8, 4) is 11.5 Å². The van der Waals surface area contributed by atoms with Crippen molar-refractivity contribution >= 4 is 10.8 Å². The van der Waals surface area contributed by atoms with E-state index >= 15 is 4.39 Å². The summed E-state index contributed by atoms with van der Waals surface area (Å²) in [6, 6.07) is 18.6. The summed E-state index contributed by atoms with van der Waals surface area (Å²) in [6.45, 7) is 2.27. The van der Waals surface area contributed by atoms with Crippen LogP contribution in [0.4, 0.5) is 26.3 Å². The number of aryl methyl sites for hydroxylation is 4. The van der Waals surface area contributed by atoms with Crippen LogP contribution in [-0.4, -0.2) is 19.4 Å². The van der Waals surface area contributed by atoms with E-state index in [-0.39, 0.29) is 18.4 Å². The minimum absolute atomic E-state index is 0.0886. The highest BCUT2D eigenvalue weighted by Crippen LogP contribution is 2.28. The molecule has 4 aromatic carbocycles. The molecule has 2 nitrogen and oxygen atoms in total. The number of rotatable bonds is 11. The summed E-state index contributed by atoms with van der Waals surface area (Å²) >= 11 is 0. The third kappa shape index (κ3) is 7.56. The lowest BCUT2D eigenvalue weighted by Gasteiger charge is -2.12. The van der Waals surface area contributed by atoms with Gasteiger partial charge in [0.1, 0.15) is 18.2 Å². The summed E-state index contributed by atoms with van der Waals surface area (Å²) in [6.07, 6.45) is -1.22. The summed E-state index contributed by atoms with van der Waals surface area (Å²) < 4.78 is 90.2. The van der Waals surface area contributed by atoms with Crippen LogP contribution in [0.15, 0.2) is 79.4 Å². The molecule has 0 saturated heterocycles. The first kappa shape index (κ1) is 28.1. The Morgan fingerprint density at radius 1 is 0.692 bits per heavy atom. The Kier molecular flexibility index (Phi) is 8.84. The molecule has 0 atom stereocenters. The van der Waals surface area contributed by atoms with Crippen molar-refractivity contribution in [3.05, 3.63) is 119 Å². The van der Waals surface area contributed by atoms with Crippen LogP contribution in [0.25, 0.3) is 10.8 Å². The monoisotopic (exact) mass is 544 g/mol. The molecule has 4 aromatic rings. The standard InChI is InChI=1S/C31H26F6O2/c1-2-15-38-25-12-6-20(7-13-25)3-4-21-8-14-26-24(16-21)11-10-23(29(26)34)9-5-22-17-27(32)30(28(33)18-22)39-19-31(35,36)37/h2,6-8,10-14,16-18H,1,3-5,9,15,19H2. The highest BCUT2D eigenvalue weighted by molar-refractivity contribution is 5.84. The van der Waals surface area contributed by atoms with Crippen LogP contribution < -0.4 is 9.47 Å². The van der Waals surface area contributed by atoms with Crippen molar-refractivity contribution in [1.29, 1.82) is 0 Å². The van der Waals surface area contributed by atoms with Gasteiger partial charge in [-0.2, -0.15) is 13.2 Å². The molecule has 4 rings (SSSR count). The lowest BCUT2D eigenvalue weighted by atomic mass is 9.97. The quantitative estimate of drug-likeness (QED) is 0.140. The summed E-state index contributed by atoms with van der Waals surface area (Å²) in [7, 11) is 0. The van der Waals surface area contributed by atoms with Crippen LogP contribution in [0.1, 0.15) is 22.3 Å². The Hall–Kier alpha value is -3.94.